The highest BCUT2D eigenvalue weighted by atomic mass is 127. The number of hydrogen-bond donors (Lipinski definition) is 2. The average Bonchev–Trinajstić information content (AvgIpc) is 2.35. The van der Waals surface area contributed by atoms with Crippen LogP contribution < -0.4 is 5.73 Å². The molecule has 1 atom stereocenters. The number of carbonyl (C=O) groups is 1. The minimum Gasteiger partial charge on any atom is -0.480 e. The number of carboxylic acids is 1. The first-order valence-electron chi connectivity index (χ1n) is 3.22. The Kier molecular flexibility index (Phi) is 2.74. The molecule has 0 saturated heterocycles. The fraction of sp³-hybridized carbons (Fsp3) is 0.286. The summed E-state index contributed by atoms with van der Waals surface area (Å²) >= 11 is 3.45. The fourth-order valence-electron chi connectivity index (χ4n) is 0.761. The van der Waals surface area contributed by atoms with Crippen LogP contribution in [0.25, 0.3) is 0 Å². The zero-order chi connectivity index (χ0) is 9.35. The summed E-state index contributed by atoms with van der Waals surface area (Å²) in [6.45, 7) is 1.50. The van der Waals surface area contributed by atoms with Gasteiger partial charge < -0.3 is 10.8 Å². The lowest BCUT2D eigenvalue weighted by Gasteiger charge is -2.17. The van der Waals surface area contributed by atoms with Crippen molar-refractivity contribution in [1.29, 1.82) is 0 Å². The van der Waals surface area contributed by atoms with Gasteiger partial charge in [-0.2, -0.15) is 0 Å². The van der Waals surface area contributed by atoms with E-state index in [1.165, 1.54) is 18.3 Å². The van der Waals surface area contributed by atoms with E-state index in [1.54, 1.807) is 0 Å². The quantitative estimate of drug-likeness (QED) is 0.815. The molecule has 0 aliphatic heterocycles. The predicted octanol–water partition coefficient (Wildman–Crippen LogP) is 1.61. The second kappa shape index (κ2) is 3.31. The van der Waals surface area contributed by atoms with Gasteiger partial charge in [0, 0.05) is 8.45 Å². The van der Waals surface area contributed by atoms with Crippen molar-refractivity contribution in [3.8, 4) is 0 Å². The minimum absolute atomic E-state index is 0.704. The molecule has 1 aromatic heterocycles. The maximum absolute atomic E-state index is 10.8. The predicted molar refractivity (Wildman–Crippen MR) is 56.2 cm³/mol. The summed E-state index contributed by atoms with van der Waals surface area (Å²) in [7, 11) is 0. The van der Waals surface area contributed by atoms with Crippen LogP contribution in [0.5, 0.6) is 0 Å². The number of hydrogen-bond acceptors (Lipinski definition) is 3. The van der Waals surface area contributed by atoms with Crippen LogP contribution >= 0.6 is 33.9 Å². The van der Waals surface area contributed by atoms with E-state index in [4.69, 9.17) is 10.8 Å². The van der Waals surface area contributed by atoms with E-state index in [0.717, 1.165) is 3.57 Å². The largest absolute Gasteiger partial charge is 0.480 e. The molecule has 0 spiro atoms. The Bertz CT molecular complexity index is 308. The van der Waals surface area contributed by atoms with Gasteiger partial charge >= 0.3 is 5.97 Å². The molecule has 0 aliphatic carbocycles. The molecular formula is C7H8INO2S. The molecule has 1 heterocycles. The van der Waals surface area contributed by atoms with Crippen molar-refractivity contribution in [2.75, 3.05) is 0 Å². The molecule has 12 heavy (non-hydrogen) atoms. The highest BCUT2D eigenvalue weighted by Crippen LogP contribution is 2.28. The maximum Gasteiger partial charge on any atom is 0.328 e. The molecule has 0 fully saturated rings. The normalized spacial score (nSPS) is 15.6. The summed E-state index contributed by atoms with van der Waals surface area (Å²) in [6, 6.07) is 1.86. The molecule has 0 amide bonds. The monoisotopic (exact) mass is 297 g/mol. The number of aliphatic carboxylic acids is 1. The van der Waals surface area contributed by atoms with E-state index in [-0.39, 0.29) is 0 Å². The van der Waals surface area contributed by atoms with Crippen LogP contribution in [-0.4, -0.2) is 11.1 Å². The number of carboxylic acid groups (broad SMARTS) is 1. The van der Waals surface area contributed by atoms with Gasteiger partial charge in [-0.25, -0.2) is 4.79 Å². The third kappa shape index (κ3) is 1.62. The van der Waals surface area contributed by atoms with Crippen LogP contribution in [0.15, 0.2) is 11.4 Å². The second-order valence-electron chi connectivity index (χ2n) is 2.61. The Balaban J connectivity index is 3.13. The zero-order valence-electron chi connectivity index (χ0n) is 6.37. The van der Waals surface area contributed by atoms with E-state index in [9.17, 15) is 4.79 Å². The Morgan fingerprint density at radius 3 is 2.75 bits per heavy atom. The Morgan fingerprint density at radius 1 is 1.83 bits per heavy atom. The molecule has 0 unspecified atom stereocenters. The first-order chi connectivity index (χ1) is 5.46. The first-order valence-corrected chi connectivity index (χ1v) is 5.18. The van der Waals surface area contributed by atoms with Gasteiger partial charge in [0.05, 0.1) is 0 Å². The molecule has 0 aromatic carbocycles. The lowest BCUT2D eigenvalue weighted by atomic mass is 10.0. The molecule has 3 N–H and O–H groups in total. The first kappa shape index (κ1) is 9.94. The molecule has 0 bridgehead atoms. The highest BCUT2D eigenvalue weighted by molar-refractivity contribution is 14.1. The van der Waals surface area contributed by atoms with Crippen molar-refractivity contribution in [2.24, 2.45) is 5.73 Å². The van der Waals surface area contributed by atoms with Crippen molar-refractivity contribution in [3.05, 3.63) is 19.9 Å². The van der Waals surface area contributed by atoms with Crippen LogP contribution in [-0.2, 0) is 10.3 Å². The van der Waals surface area contributed by atoms with Gasteiger partial charge in [-0.3, -0.25) is 0 Å². The maximum atomic E-state index is 10.8. The topological polar surface area (TPSA) is 63.3 Å². The molecule has 5 heteroatoms. The highest BCUT2D eigenvalue weighted by Gasteiger charge is 2.33. The summed E-state index contributed by atoms with van der Waals surface area (Å²) < 4.78 is 0.907. The van der Waals surface area contributed by atoms with Crippen molar-refractivity contribution >= 4 is 39.9 Å². The lowest BCUT2D eigenvalue weighted by molar-refractivity contribution is -0.142. The molecule has 1 rings (SSSR count). The Hall–Kier alpha value is -0.140. The van der Waals surface area contributed by atoms with Crippen molar-refractivity contribution in [2.45, 2.75) is 12.5 Å². The molecule has 66 valence electrons. The van der Waals surface area contributed by atoms with Crippen LogP contribution in [0.4, 0.5) is 0 Å². The molecule has 0 radical (unpaired) electrons. The minimum atomic E-state index is -1.26. The smallest absolute Gasteiger partial charge is 0.328 e. The van der Waals surface area contributed by atoms with E-state index < -0.39 is 11.5 Å². The van der Waals surface area contributed by atoms with Crippen molar-refractivity contribution < 1.29 is 9.90 Å². The summed E-state index contributed by atoms with van der Waals surface area (Å²) in [5.41, 5.74) is 4.37. The molecule has 0 saturated carbocycles. The summed E-state index contributed by atoms with van der Waals surface area (Å²) in [5, 5.41) is 10.7. The van der Waals surface area contributed by atoms with Gasteiger partial charge in [-0.05, 0) is 41.0 Å². The molecular weight excluding hydrogens is 289 g/mol. The van der Waals surface area contributed by atoms with Crippen molar-refractivity contribution in [3.63, 3.8) is 0 Å². The number of nitrogens with two attached hydrogens (primary N) is 1. The van der Waals surface area contributed by atoms with Crippen molar-refractivity contribution in [1.82, 2.24) is 0 Å². The number of thiophene rings is 1. The van der Waals surface area contributed by atoms with Gasteiger partial charge in [-0.1, -0.05) is 0 Å². The lowest BCUT2D eigenvalue weighted by Crippen LogP contribution is -2.41. The van der Waals surface area contributed by atoms with E-state index in [2.05, 4.69) is 22.6 Å². The van der Waals surface area contributed by atoms with E-state index in [1.807, 2.05) is 11.4 Å². The Morgan fingerprint density at radius 2 is 2.42 bits per heavy atom. The molecule has 0 aliphatic rings. The van der Waals surface area contributed by atoms with Gasteiger partial charge in [-0.15, -0.1) is 11.3 Å². The average molecular weight is 297 g/mol. The van der Waals surface area contributed by atoms with Gasteiger partial charge in [0.25, 0.3) is 0 Å². The molecule has 3 nitrogen and oxygen atoms in total. The fourth-order valence-corrected chi connectivity index (χ4v) is 2.98. The van der Waals surface area contributed by atoms with Crippen LogP contribution in [0.3, 0.4) is 0 Å². The number of halogens is 1. The van der Waals surface area contributed by atoms with Crippen LogP contribution in [0.2, 0.25) is 0 Å². The van der Waals surface area contributed by atoms with Crippen LogP contribution in [0, 0.1) is 3.57 Å². The third-order valence-electron chi connectivity index (χ3n) is 1.53. The third-order valence-corrected chi connectivity index (χ3v) is 3.95. The second-order valence-corrected chi connectivity index (χ2v) is 4.68. The summed E-state index contributed by atoms with van der Waals surface area (Å²) in [6.07, 6.45) is 0. The number of rotatable bonds is 2. The zero-order valence-corrected chi connectivity index (χ0v) is 9.35. The summed E-state index contributed by atoms with van der Waals surface area (Å²) in [4.78, 5) is 11.5. The van der Waals surface area contributed by atoms with Gasteiger partial charge in [0.15, 0.2) is 0 Å². The van der Waals surface area contributed by atoms with Crippen LogP contribution in [0.1, 0.15) is 11.8 Å². The van der Waals surface area contributed by atoms with E-state index in [0.29, 0.717) is 4.88 Å². The Labute approximate surface area is 87.7 Å². The molecule has 1 aromatic rings. The van der Waals surface area contributed by atoms with Gasteiger partial charge in [0.2, 0.25) is 0 Å². The van der Waals surface area contributed by atoms with Gasteiger partial charge in [0.1, 0.15) is 5.54 Å². The SMILES string of the molecule is C[C@@](N)(C(=O)O)c1sccc1I. The van der Waals surface area contributed by atoms with E-state index >= 15 is 0 Å². The summed E-state index contributed by atoms with van der Waals surface area (Å²) in [5.74, 6) is -0.997. The standard InChI is InChI=1S/C7H8INO2S/c1-7(9,6(10)11)5-4(8)2-3-12-5/h2-3H,9H2,1H3,(H,10,11)/t7-/m0/s1.